The number of nitrogens with one attached hydrogen (secondary N) is 1. The molecule has 2 rings (SSSR count). The zero-order valence-corrected chi connectivity index (χ0v) is 11.1. The van der Waals surface area contributed by atoms with E-state index in [1.54, 1.807) is 19.1 Å². The van der Waals surface area contributed by atoms with Gasteiger partial charge in [-0.1, -0.05) is 12.1 Å². The molecule has 2 aromatic rings. The van der Waals surface area contributed by atoms with Crippen LogP contribution >= 0.6 is 0 Å². The van der Waals surface area contributed by atoms with E-state index in [9.17, 15) is 4.79 Å². The van der Waals surface area contributed by atoms with E-state index in [2.05, 4.69) is 20.5 Å². The lowest BCUT2D eigenvalue weighted by Crippen LogP contribution is -2.18. The van der Waals surface area contributed by atoms with Crippen molar-refractivity contribution in [3.8, 4) is 0 Å². The fourth-order valence-electron chi connectivity index (χ4n) is 1.67. The van der Waals surface area contributed by atoms with Crippen LogP contribution in [-0.2, 0) is 0 Å². The minimum Gasteiger partial charge on any atom is -0.398 e. The molecular formula is C13H15N5O. The summed E-state index contributed by atoms with van der Waals surface area (Å²) in [7, 11) is 0. The van der Waals surface area contributed by atoms with Crippen LogP contribution in [0.4, 0.5) is 11.6 Å². The van der Waals surface area contributed by atoms with Crippen molar-refractivity contribution in [3.63, 3.8) is 0 Å². The van der Waals surface area contributed by atoms with Crippen LogP contribution < -0.4 is 11.1 Å². The first-order valence-corrected chi connectivity index (χ1v) is 5.83. The molecule has 0 bridgehead atoms. The number of benzene rings is 1. The van der Waals surface area contributed by atoms with Crippen molar-refractivity contribution >= 4 is 17.5 Å². The molecular weight excluding hydrogens is 242 g/mol. The Morgan fingerprint density at radius 2 is 1.89 bits per heavy atom. The molecule has 0 saturated heterocycles. The first kappa shape index (κ1) is 12.9. The zero-order chi connectivity index (χ0) is 14.0. The van der Waals surface area contributed by atoms with Crippen LogP contribution in [0.3, 0.4) is 0 Å². The van der Waals surface area contributed by atoms with E-state index < -0.39 is 0 Å². The fraction of sp³-hybridized carbons (Fsp3) is 0.231. The van der Waals surface area contributed by atoms with Gasteiger partial charge in [-0.25, -0.2) is 4.98 Å². The van der Waals surface area contributed by atoms with Gasteiger partial charge in [-0.2, -0.15) is 5.10 Å². The van der Waals surface area contributed by atoms with Crippen LogP contribution in [0.1, 0.15) is 27.3 Å². The monoisotopic (exact) mass is 257 g/mol. The summed E-state index contributed by atoms with van der Waals surface area (Å²) in [6.07, 6.45) is 0. The Morgan fingerprint density at radius 3 is 2.53 bits per heavy atom. The van der Waals surface area contributed by atoms with E-state index in [1.807, 2.05) is 19.9 Å². The highest BCUT2D eigenvalue weighted by molar-refractivity contribution is 6.08. The van der Waals surface area contributed by atoms with Crippen LogP contribution in [0.15, 0.2) is 18.2 Å². The largest absolute Gasteiger partial charge is 0.398 e. The number of hydrogen-bond donors (Lipinski definition) is 2. The Labute approximate surface area is 111 Å². The number of aromatic nitrogens is 3. The van der Waals surface area contributed by atoms with E-state index >= 15 is 0 Å². The van der Waals surface area contributed by atoms with Gasteiger partial charge in [-0.3, -0.25) is 10.1 Å². The second-order valence-electron chi connectivity index (χ2n) is 4.30. The predicted molar refractivity (Wildman–Crippen MR) is 72.8 cm³/mol. The van der Waals surface area contributed by atoms with Crippen molar-refractivity contribution in [3.05, 3.63) is 40.7 Å². The molecule has 0 atom stereocenters. The van der Waals surface area contributed by atoms with Crippen molar-refractivity contribution in [2.24, 2.45) is 0 Å². The number of rotatable bonds is 2. The summed E-state index contributed by atoms with van der Waals surface area (Å²) >= 11 is 0. The summed E-state index contributed by atoms with van der Waals surface area (Å²) in [5.41, 5.74) is 8.93. The number of hydrogen-bond acceptors (Lipinski definition) is 5. The lowest BCUT2D eigenvalue weighted by Gasteiger charge is -2.09. The van der Waals surface area contributed by atoms with Crippen LogP contribution in [-0.4, -0.2) is 21.1 Å². The second kappa shape index (κ2) is 5.01. The third kappa shape index (κ3) is 2.67. The highest BCUT2D eigenvalue weighted by Crippen LogP contribution is 2.17. The van der Waals surface area contributed by atoms with E-state index in [4.69, 9.17) is 5.73 Å². The van der Waals surface area contributed by atoms with Crippen LogP contribution in [0.2, 0.25) is 0 Å². The predicted octanol–water partition coefficient (Wildman–Crippen LogP) is 1.63. The van der Waals surface area contributed by atoms with Gasteiger partial charge in [0.25, 0.3) is 5.91 Å². The third-order valence-corrected chi connectivity index (χ3v) is 2.85. The summed E-state index contributed by atoms with van der Waals surface area (Å²) in [5.74, 6) is -0.156. The SMILES string of the molecule is Cc1cccc(N)c1C(=O)Nc1nnc(C)c(C)n1. The van der Waals surface area contributed by atoms with Crippen molar-refractivity contribution in [1.29, 1.82) is 0 Å². The van der Waals surface area contributed by atoms with Gasteiger partial charge in [0, 0.05) is 5.69 Å². The van der Waals surface area contributed by atoms with E-state index in [0.717, 1.165) is 17.0 Å². The topological polar surface area (TPSA) is 93.8 Å². The average molecular weight is 257 g/mol. The normalized spacial score (nSPS) is 10.3. The maximum absolute atomic E-state index is 12.2. The highest BCUT2D eigenvalue weighted by atomic mass is 16.1. The van der Waals surface area contributed by atoms with Gasteiger partial charge in [0.15, 0.2) is 0 Å². The Morgan fingerprint density at radius 1 is 1.16 bits per heavy atom. The molecule has 1 aromatic heterocycles. The molecule has 0 fully saturated rings. The average Bonchev–Trinajstić information content (AvgIpc) is 2.33. The van der Waals surface area contributed by atoms with Crippen LogP contribution in [0, 0.1) is 20.8 Å². The maximum Gasteiger partial charge on any atom is 0.260 e. The van der Waals surface area contributed by atoms with Crippen molar-refractivity contribution in [1.82, 2.24) is 15.2 Å². The summed E-state index contributed by atoms with van der Waals surface area (Å²) in [4.78, 5) is 16.3. The molecule has 19 heavy (non-hydrogen) atoms. The summed E-state index contributed by atoms with van der Waals surface area (Å²) in [6.45, 7) is 5.44. The molecule has 6 heteroatoms. The van der Waals surface area contributed by atoms with Crippen molar-refractivity contribution in [2.75, 3.05) is 11.1 Å². The van der Waals surface area contributed by atoms with Gasteiger partial charge in [-0.15, -0.1) is 5.10 Å². The quantitative estimate of drug-likeness (QED) is 0.797. The fourth-order valence-corrected chi connectivity index (χ4v) is 1.67. The molecule has 1 amide bonds. The van der Waals surface area contributed by atoms with Crippen molar-refractivity contribution in [2.45, 2.75) is 20.8 Å². The molecule has 0 radical (unpaired) electrons. The lowest BCUT2D eigenvalue weighted by molar-refractivity contribution is 0.102. The van der Waals surface area contributed by atoms with Gasteiger partial charge < -0.3 is 5.73 Å². The first-order chi connectivity index (χ1) is 8.99. The molecule has 0 unspecified atom stereocenters. The molecule has 0 aliphatic heterocycles. The minimum absolute atomic E-state index is 0.177. The van der Waals surface area contributed by atoms with Gasteiger partial charge >= 0.3 is 0 Å². The van der Waals surface area contributed by atoms with E-state index in [0.29, 0.717) is 11.3 Å². The summed E-state index contributed by atoms with van der Waals surface area (Å²) in [6, 6.07) is 5.31. The second-order valence-corrected chi connectivity index (χ2v) is 4.30. The standard InChI is InChI=1S/C13H15N5O/c1-7-5-4-6-10(14)11(7)12(19)16-13-15-8(2)9(3)17-18-13/h4-6H,14H2,1-3H3,(H,15,16,18,19). The first-order valence-electron chi connectivity index (χ1n) is 5.83. The number of carbonyl (C=O) groups excluding carboxylic acids is 1. The van der Waals surface area contributed by atoms with E-state index in [-0.39, 0.29) is 11.9 Å². The number of carbonyl (C=O) groups is 1. The summed E-state index contributed by atoms with van der Waals surface area (Å²) < 4.78 is 0. The molecule has 1 aromatic carbocycles. The Hall–Kier alpha value is -2.50. The molecule has 0 aliphatic rings. The maximum atomic E-state index is 12.2. The van der Waals surface area contributed by atoms with Gasteiger partial charge in [0.1, 0.15) is 0 Å². The summed E-state index contributed by atoms with van der Waals surface area (Å²) in [5, 5.41) is 10.3. The highest BCUT2D eigenvalue weighted by Gasteiger charge is 2.14. The molecule has 3 N–H and O–H groups in total. The van der Waals surface area contributed by atoms with E-state index in [1.165, 1.54) is 0 Å². The molecule has 98 valence electrons. The number of anilines is 2. The van der Waals surface area contributed by atoms with Crippen LogP contribution in [0.5, 0.6) is 0 Å². The number of nitrogen functional groups attached to an aromatic ring is 1. The lowest BCUT2D eigenvalue weighted by atomic mass is 10.1. The number of aryl methyl sites for hydroxylation is 3. The molecule has 0 saturated carbocycles. The smallest absolute Gasteiger partial charge is 0.260 e. The zero-order valence-electron chi connectivity index (χ0n) is 11.1. The van der Waals surface area contributed by atoms with Gasteiger partial charge in [-0.05, 0) is 32.4 Å². The number of nitrogens with zero attached hydrogens (tertiary/aromatic N) is 3. The Bertz CT molecular complexity index is 619. The molecule has 6 nitrogen and oxygen atoms in total. The van der Waals surface area contributed by atoms with Gasteiger partial charge in [0.05, 0.1) is 17.0 Å². The molecule has 0 spiro atoms. The minimum atomic E-state index is -0.333. The number of nitrogens with two attached hydrogens (primary N) is 1. The van der Waals surface area contributed by atoms with Gasteiger partial charge in [0.2, 0.25) is 5.95 Å². The van der Waals surface area contributed by atoms with Crippen LogP contribution in [0.25, 0.3) is 0 Å². The molecule has 1 heterocycles. The number of amides is 1. The Kier molecular flexibility index (Phi) is 3.41. The Balaban J connectivity index is 2.28. The third-order valence-electron chi connectivity index (χ3n) is 2.85. The molecule has 0 aliphatic carbocycles. The van der Waals surface area contributed by atoms with Crippen molar-refractivity contribution < 1.29 is 4.79 Å².